The van der Waals surface area contributed by atoms with Crippen LogP contribution in [0.3, 0.4) is 0 Å². The van der Waals surface area contributed by atoms with Gasteiger partial charge in [-0.25, -0.2) is 9.97 Å². The molecule has 4 aromatic heterocycles. The molecule has 0 atom stereocenters. The van der Waals surface area contributed by atoms with Crippen LogP contribution >= 0.6 is 11.3 Å². The summed E-state index contributed by atoms with van der Waals surface area (Å²) in [6.07, 6.45) is 0. The van der Waals surface area contributed by atoms with Crippen LogP contribution in [-0.4, -0.2) is 14.5 Å². The van der Waals surface area contributed by atoms with Crippen LogP contribution < -0.4 is 0 Å². The number of benzene rings is 7. The molecule has 0 saturated heterocycles. The molecule has 0 amide bonds. The number of hydrogen-bond acceptors (Lipinski definition) is 4. The van der Waals surface area contributed by atoms with E-state index < -0.39 is 0 Å². The minimum atomic E-state index is 0.673. The Morgan fingerprint density at radius 1 is 0.431 bits per heavy atom. The number of nitrogens with zero attached hydrogens (tertiary/aromatic N) is 3. The van der Waals surface area contributed by atoms with Crippen molar-refractivity contribution in [3.63, 3.8) is 0 Å². The first-order chi connectivity index (χ1) is 25.3. The van der Waals surface area contributed by atoms with Crippen molar-refractivity contribution < 1.29 is 4.42 Å². The van der Waals surface area contributed by atoms with Crippen LogP contribution in [0.4, 0.5) is 0 Å². The molecular formula is C46H27N3OS. The molecule has 5 heteroatoms. The van der Waals surface area contributed by atoms with Gasteiger partial charge < -0.3 is 4.42 Å². The molecule has 0 spiro atoms. The second kappa shape index (κ2) is 11.0. The number of rotatable bonds is 4. The maximum absolute atomic E-state index is 6.46. The van der Waals surface area contributed by atoms with E-state index in [1.54, 1.807) is 0 Å². The van der Waals surface area contributed by atoms with Crippen LogP contribution in [0.25, 0.3) is 104 Å². The second-order valence-corrected chi connectivity index (χ2v) is 14.1. The minimum absolute atomic E-state index is 0.673. The van der Waals surface area contributed by atoms with Crippen molar-refractivity contribution in [1.82, 2.24) is 14.5 Å². The number of aromatic nitrogens is 3. The Morgan fingerprint density at radius 3 is 1.84 bits per heavy atom. The Labute approximate surface area is 296 Å². The van der Waals surface area contributed by atoms with Crippen LogP contribution in [0.5, 0.6) is 0 Å². The number of hydrogen-bond donors (Lipinski definition) is 0. The summed E-state index contributed by atoms with van der Waals surface area (Å²) in [5, 5.41) is 7.13. The van der Waals surface area contributed by atoms with E-state index in [1.807, 2.05) is 17.4 Å². The quantitative estimate of drug-likeness (QED) is 0.187. The molecule has 51 heavy (non-hydrogen) atoms. The third-order valence-electron chi connectivity index (χ3n) is 10.0. The smallest absolute Gasteiger partial charge is 0.162 e. The summed E-state index contributed by atoms with van der Waals surface area (Å²) in [4.78, 5) is 10.5. The summed E-state index contributed by atoms with van der Waals surface area (Å²) in [6.45, 7) is 0. The fourth-order valence-electron chi connectivity index (χ4n) is 7.68. The van der Waals surface area contributed by atoms with Crippen LogP contribution in [-0.2, 0) is 0 Å². The van der Waals surface area contributed by atoms with Crippen molar-refractivity contribution in [3.8, 4) is 39.6 Å². The van der Waals surface area contributed by atoms with Gasteiger partial charge >= 0.3 is 0 Å². The van der Waals surface area contributed by atoms with Gasteiger partial charge in [0.1, 0.15) is 17.0 Å². The Kier molecular flexibility index (Phi) is 6.09. The lowest BCUT2D eigenvalue weighted by atomic mass is 10.0. The molecular weight excluding hydrogens is 643 g/mol. The van der Waals surface area contributed by atoms with Gasteiger partial charge in [-0.05, 0) is 59.7 Å². The Balaban J connectivity index is 1.16. The molecule has 4 nitrogen and oxygen atoms in total. The van der Waals surface area contributed by atoms with E-state index in [9.17, 15) is 0 Å². The van der Waals surface area contributed by atoms with Gasteiger partial charge in [-0.1, -0.05) is 109 Å². The third-order valence-corrected chi connectivity index (χ3v) is 11.2. The molecule has 0 N–H and O–H groups in total. The topological polar surface area (TPSA) is 43.9 Å². The maximum atomic E-state index is 6.46. The summed E-state index contributed by atoms with van der Waals surface area (Å²) in [5.74, 6) is 1.50. The summed E-state index contributed by atoms with van der Waals surface area (Å²) >= 11 is 1.83. The molecule has 0 fully saturated rings. The molecule has 7 aromatic carbocycles. The molecule has 4 heterocycles. The van der Waals surface area contributed by atoms with E-state index in [1.165, 1.54) is 36.5 Å². The first kappa shape index (κ1) is 28.3. The first-order valence-electron chi connectivity index (χ1n) is 17.1. The third kappa shape index (κ3) is 4.38. The van der Waals surface area contributed by atoms with Gasteiger partial charge in [0.15, 0.2) is 5.82 Å². The molecule has 0 bridgehead atoms. The van der Waals surface area contributed by atoms with Crippen LogP contribution in [0.2, 0.25) is 0 Å². The fraction of sp³-hybridized carbons (Fsp3) is 0. The Bertz CT molecular complexity index is 3080. The van der Waals surface area contributed by atoms with E-state index in [2.05, 4.69) is 162 Å². The summed E-state index contributed by atoms with van der Waals surface area (Å²) in [5.41, 5.74) is 9.13. The average Bonchev–Trinajstić information content (AvgIpc) is 3.87. The summed E-state index contributed by atoms with van der Waals surface area (Å²) in [6, 6.07) is 57.6. The summed E-state index contributed by atoms with van der Waals surface area (Å²) < 4.78 is 11.3. The van der Waals surface area contributed by atoms with Crippen molar-refractivity contribution in [2.24, 2.45) is 0 Å². The SMILES string of the molecule is c1ccc(-c2ccc(-c3nc(-c4ccc5oc6ccc7sc8ccccc8c7c6c5c4)cc(-n4c5ccccc5c5ccccc54)n3)cc2)cc1. The zero-order valence-electron chi connectivity index (χ0n) is 27.2. The van der Waals surface area contributed by atoms with Gasteiger partial charge in [-0.3, -0.25) is 4.57 Å². The van der Waals surface area contributed by atoms with Crippen molar-refractivity contribution in [2.75, 3.05) is 0 Å². The zero-order valence-corrected chi connectivity index (χ0v) is 28.1. The van der Waals surface area contributed by atoms with E-state index in [4.69, 9.17) is 14.4 Å². The largest absolute Gasteiger partial charge is 0.456 e. The van der Waals surface area contributed by atoms with Crippen LogP contribution in [0, 0.1) is 0 Å². The molecule has 11 aromatic rings. The van der Waals surface area contributed by atoms with Crippen LogP contribution in [0.15, 0.2) is 168 Å². The van der Waals surface area contributed by atoms with E-state index in [0.717, 1.165) is 61.2 Å². The number of furan rings is 1. The summed E-state index contributed by atoms with van der Waals surface area (Å²) in [7, 11) is 0. The lowest BCUT2D eigenvalue weighted by Crippen LogP contribution is -2.02. The Hall–Kier alpha value is -6.56. The first-order valence-corrected chi connectivity index (χ1v) is 17.9. The molecule has 0 aliphatic heterocycles. The lowest BCUT2D eigenvalue weighted by Gasteiger charge is -2.12. The second-order valence-electron chi connectivity index (χ2n) is 13.0. The Morgan fingerprint density at radius 2 is 1.06 bits per heavy atom. The predicted molar refractivity (Wildman–Crippen MR) is 213 cm³/mol. The normalized spacial score (nSPS) is 11.9. The number of thiophene rings is 1. The predicted octanol–water partition coefficient (Wildman–Crippen LogP) is 12.8. The standard InChI is InChI=1S/C46H27N3OS/c1-2-10-28(11-3-1)29-18-20-30(21-19-29)46-47-36(27-43(48-46)49-37-15-7-4-12-32(37)33-13-5-8-16-38(33)49)31-22-23-39-35(26-31)44-40(50-39)24-25-42-45(44)34-14-6-9-17-41(34)51-42/h1-27H. The molecule has 0 aliphatic rings. The van der Waals surface area contributed by atoms with Crippen LogP contribution in [0.1, 0.15) is 0 Å². The van der Waals surface area contributed by atoms with Gasteiger partial charge in [0.25, 0.3) is 0 Å². The van der Waals surface area contributed by atoms with E-state index in [-0.39, 0.29) is 0 Å². The molecule has 0 unspecified atom stereocenters. The zero-order chi connectivity index (χ0) is 33.5. The van der Waals surface area contributed by atoms with E-state index in [0.29, 0.717) is 5.82 Å². The van der Waals surface area contributed by atoms with Gasteiger partial charge in [0.2, 0.25) is 0 Å². The van der Waals surface area contributed by atoms with Crippen molar-refractivity contribution in [3.05, 3.63) is 164 Å². The van der Waals surface area contributed by atoms with Gasteiger partial charge in [-0.2, -0.15) is 0 Å². The maximum Gasteiger partial charge on any atom is 0.162 e. The van der Waals surface area contributed by atoms with Gasteiger partial charge in [-0.15, -0.1) is 11.3 Å². The van der Waals surface area contributed by atoms with Gasteiger partial charge in [0.05, 0.1) is 16.7 Å². The molecule has 0 radical (unpaired) electrons. The lowest BCUT2D eigenvalue weighted by molar-refractivity contribution is 0.669. The highest BCUT2D eigenvalue weighted by Gasteiger charge is 2.19. The highest BCUT2D eigenvalue weighted by Crippen LogP contribution is 2.43. The molecule has 238 valence electrons. The van der Waals surface area contributed by atoms with Crippen molar-refractivity contribution in [1.29, 1.82) is 0 Å². The molecule has 11 rings (SSSR count). The average molecular weight is 670 g/mol. The fourth-order valence-corrected chi connectivity index (χ4v) is 8.79. The molecule has 0 saturated carbocycles. The van der Waals surface area contributed by atoms with Gasteiger partial charge in [0, 0.05) is 58.9 Å². The number of fused-ring (bicyclic) bond motifs is 10. The number of para-hydroxylation sites is 2. The highest BCUT2D eigenvalue weighted by molar-refractivity contribution is 7.26. The van der Waals surface area contributed by atoms with Crippen molar-refractivity contribution in [2.45, 2.75) is 0 Å². The molecule has 0 aliphatic carbocycles. The monoisotopic (exact) mass is 669 g/mol. The minimum Gasteiger partial charge on any atom is -0.456 e. The highest BCUT2D eigenvalue weighted by atomic mass is 32.1. The van der Waals surface area contributed by atoms with E-state index >= 15 is 0 Å². The van der Waals surface area contributed by atoms with Crippen molar-refractivity contribution >= 4 is 75.3 Å².